The normalized spacial score (nSPS) is 11.7. The van der Waals surface area contributed by atoms with Gasteiger partial charge in [-0.2, -0.15) is 8.75 Å². The smallest absolute Gasteiger partial charge is 0.261 e. The van der Waals surface area contributed by atoms with E-state index in [1.807, 2.05) is 19.1 Å². The van der Waals surface area contributed by atoms with Crippen LogP contribution in [0.1, 0.15) is 5.56 Å². The van der Waals surface area contributed by atoms with Crippen molar-refractivity contribution >= 4 is 38.5 Å². The van der Waals surface area contributed by atoms with E-state index in [9.17, 15) is 8.42 Å². The van der Waals surface area contributed by atoms with E-state index in [1.165, 1.54) is 0 Å². The van der Waals surface area contributed by atoms with Gasteiger partial charge in [-0.1, -0.05) is 24.3 Å². The highest BCUT2D eigenvalue weighted by Crippen LogP contribution is 2.27. The summed E-state index contributed by atoms with van der Waals surface area (Å²) in [6, 6.07) is 11.9. The predicted octanol–water partition coefficient (Wildman–Crippen LogP) is 2.80. The minimum atomic E-state index is -3.62. The molecule has 0 radical (unpaired) electrons. The van der Waals surface area contributed by atoms with Crippen LogP contribution < -0.4 is 4.72 Å². The van der Waals surface area contributed by atoms with Gasteiger partial charge in [0.25, 0.3) is 10.0 Å². The monoisotopic (exact) mass is 305 g/mol. The Morgan fingerprint density at radius 3 is 2.55 bits per heavy atom. The van der Waals surface area contributed by atoms with Gasteiger partial charge < -0.3 is 0 Å². The highest BCUT2D eigenvalue weighted by Gasteiger charge is 2.17. The van der Waals surface area contributed by atoms with Gasteiger partial charge >= 0.3 is 0 Å². The summed E-state index contributed by atoms with van der Waals surface area (Å²) in [6.07, 6.45) is 0. The zero-order valence-electron chi connectivity index (χ0n) is 10.6. The second kappa shape index (κ2) is 4.84. The third-order valence-corrected chi connectivity index (χ3v) is 4.83. The number of aryl methyl sites for hydroxylation is 1. The average molecular weight is 305 g/mol. The van der Waals surface area contributed by atoms with E-state index in [2.05, 4.69) is 13.5 Å². The minimum Gasteiger partial charge on any atom is -0.277 e. The van der Waals surface area contributed by atoms with Gasteiger partial charge in [0, 0.05) is 0 Å². The Labute approximate surface area is 120 Å². The average Bonchev–Trinajstić information content (AvgIpc) is 2.92. The van der Waals surface area contributed by atoms with Crippen molar-refractivity contribution in [2.75, 3.05) is 4.72 Å². The van der Waals surface area contributed by atoms with E-state index in [4.69, 9.17) is 0 Å². The molecule has 20 heavy (non-hydrogen) atoms. The van der Waals surface area contributed by atoms with E-state index < -0.39 is 10.0 Å². The molecule has 0 spiro atoms. The molecule has 2 aromatic carbocycles. The second-order valence-corrected chi connectivity index (χ2v) is 6.52. The maximum Gasteiger partial charge on any atom is 0.261 e. The van der Waals surface area contributed by atoms with Crippen molar-refractivity contribution < 1.29 is 8.42 Å². The molecular formula is C13H11N3O2S2. The number of nitrogens with one attached hydrogen (secondary N) is 1. The molecule has 0 fully saturated rings. The van der Waals surface area contributed by atoms with Crippen molar-refractivity contribution in [3.63, 3.8) is 0 Å². The summed E-state index contributed by atoms with van der Waals surface area (Å²) in [5, 5.41) is 0. The summed E-state index contributed by atoms with van der Waals surface area (Å²) >= 11 is 1.06. The molecule has 0 unspecified atom stereocenters. The van der Waals surface area contributed by atoms with Crippen molar-refractivity contribution in [1.29, 1.82) is 0 Å². The van der Waals surface area contributed by atoms with Gasteiger partial charge in [0.1, 0.15) is 11.0 Å². The van der Waals surface area contributed by atoms with Crippen molar-refractivity contribution in [3.8, 4) is 0 Å². The van der Waals surface area contributed by atoms with Crippen LogP contribution in [0.3, 0.4) is 0 Å². The van der Waals surface area contributed by atoms with Crippen LogP contribution in [0.4, 0.5) is 5.69 Å². The molecule has 1 aromatic heterocycles. The maximum atomic E-state index is 12.4. The first kappa shape index (κ1) is 13.0. The number of hydrogen-bond donors (Lipinski definition) is 1. The molecule has 3 aromatic rings. The lowest BCUT2D eigenvalue weighted by Crippen LogP contribution is -2.14. The molecule has 0 aliphatic heterocycles. The molecule has 3 rings (SSSR count). The molecule has 1 heterocycles. The van der Waals surface area contributed by atoms with Crippen LogP contribution in [-0.4, -0.2) is 17.2 Å². The van der Waals surface area contributed by atoms with Gasteiger partial charge in [-0.25, -0.2) is 8.42 Å². The van der Waals surface area contributed by atoms with Gasteiger partial charge in [0.05, 0.1) is 22.3 Å². The molecular weight excluding hydrogens is 294 g/mol. The van der Waals surface area contributed by atoms with Gasteiger partial charge in [-0.15, -0.1) is 0 Å². The number of nitrogens with zero attached hydrogens (tertiary/aromatic N) is 2. The Morgan fingerprint density at radius 2 is 1.80 bits per heavy atom. The first-order valence-corrected chi connectivity index (χ1v) is 8.09. The van der Waals surface area contributed by atoms with Crippen LogP contribution in [0.15, 0.2) is 47.4 Å². The van der Waals surface area contributed by atoms with Crippen LogP contribution in [0.2, 0.25) is 0 Å². The van der Waals surface area contributed by atoms with Gasteiger partial charge in [0.15, 0.2) is 0 Å². The van der Waals surface area contributed by atoms with Gasteiger partial charge in [-0.05, 0) is 30.7 Å². The quantitative estimate of drug-likeness (QED) is 0.807. The number of anilines is 1. The van der Waals surface area contributed by atoms with Crippen LogP contribution >= 0.6 is 11.7 Å². The van der Waals surface area contributed by atoms with Gasteiger partial charge in [0.2, 0.25) is 0 Å². The third kappa shape index (κ3) is 2.25. The molecule has 5 nitrogen and oxygen atoms in total. The zero-order chi connectivity index (χ0) is 14.2. The largest absolute Gasteiger partial charge is 0.277 e. The first-order valence-electron chi connectivity index (χ1n) is 5.88. The van der Waals surface area contributed by atoms with E-state index in [0.29, 0.717) is 16.7 Å². The lowest BCUT2D eigenvalue weighted by molar-refractivity contribution is 0.601. The van der Waals surface area contributed by atoms with Crippen LogP contribution in [-0.2, 0) is 10.0 Å². The highest BCUT2D eigenvalue weighted by atomic mass is 32.2. The molecule has 0 bridgehead atoms. The number of aromatic nitrogens is 2. The number of benzene rings is 2. The molecule has 7 heteroatoms. The molecule has 0 saturated carbocycles. The topological polar surface area (TPSA) is 72.0 Å². The van der Waals surface area contributed by atoms with E-state index >= 15 is 0 Å². The van der Waals surface area contributed by atoms with Crippen molar-refractivity contribution in [3.05, 3.63) is 48.0 Å². The molecule has 0 amide bonds. The number of hydrogen-bond acceptors (Lipinski definition) is 5. The fourth-order valence-corrected chi connectivity index (χ4v) is 3.58. The number of sulfonamides is 1. The lowest BCUT2D eigenvalue weighted by atomic mass is 10.2. The summed E-state index contributed by atoms with van der Waals surface area (Å²) in [7, 11) is -3.62. The predicted molar refractivity (Wildman–Crippen MR) is 79.4 cm³/mol. The molecule has 0 aliphatic rings. The van der Waals surface area contributed by atoms with Crippen LogP contribution in [0.25, 0.3) is 11.0 Å². The molecule has 0 atom stereocenters. The fraction of sp³-hybridized carbons (Fsp3) is 0.0769. The zero-order valence-corrected chi connectivity index (χ0v) is 12.2. The Kier molecular flexibility index (Phi) is 3.15. The van der Waals surface area contributed by atoms with Gasteiger partial charge in [-0.3, -0.25) is 4.72 Å². The van der Waals surface area contributed by atoms with Crippen LogP contribution in [0.5, 0.6) is 0 Å². The number of fused-ring (bicyclic) bond motifs is 1. The lowest BCUT2D eigenvalue weighted by Gasteiger charge is -2.10. The van der Waals surface area contributed by atoms with Crippen molar-refractivity contribution in [2.24, 2.45) is 0 Å². The standard InChI is InChI=1S/C13H11N3O2S2/c1-9-7-8-11-13(15-19-14-11)12(9)16-20(17,18)10-5-3-2-4-6-10/h2-8,16H,1H3. The Bertz CT molecular complexity index is 858. The second-order valence-electron chi connectivity index (χ2n) is 4.31. The van der Waals surface area contributed by atoms with Crippen LogP contribution in [0, 0.1) is 6.92 Å². The molecule has 0 saturated heterocycles. The SMILES string of the molecule is Cc1ccc2nsnc2c1NS(=O)(=O)c1ccccc1. The Morgan fingerprint density at radius 1 is 1.05 bits per heavy atom. The minimum absolute atomic E-state index is 0.222. The number of rotatable bonds is 3. The fourth-order valence-electron chi connectivity index (χ4n) is 1.87. The van der Waals surface area contributed by atoms with Crippen molar-refractivity contribution in [1.82, 2.24) is 8.75 Å². The van der Waals surface area contributed by atoms with E-state index in [1.54, 1.807) is 30.3 Å². The molecule has 102 valence electrons. The Hall–Kier alpha value is -1.99. The summed E-state index contributed by atoms with van der Waals surface area (Å²) in [6.45, 7) is 1.83. The van der Waals surface area contributed by atoms with Crippen molar-refractivity contribution in [2.45, 2.75) is 11.8 Å². The Balaban J connectivity index is 2.10. The van der Waals surface area contributed by atoms with E-state index in [0.717, 1.165) is 17.3 Å². The highest BCUT2D eigenvalue weighted by molar-refractivity contribution is 7.92. The maximum absolute atomic E-state index is 12.4. The van der Waals surface area contributed by atoms with E-state index in [-0.39, 0.29) is 4.90 Å². The summed E-state index contributed by atoms with van der Waals surface area (Å²) < 4.78 is 35.6. The molecule has 1 N–H and O–H groups in total. The molecule has 0 aliphatic carbocycles. The first-order chi connectivity index (χ1) is 9.58. The summed E-state index contributed by atoms with van der Waals surface area (Å²) in [4.78, 5) is 0.222. The third-order valence-electron chi connectivity index (χ3n) is 2.93. The summed E-state index contributed by atoms with van der Waals surface area (Å²) in [5.41, 5.74) is 2.56. The summed E-state index contributed by atoms with van der Waals surface area (Å²) in [5.74, 6) is 0.